The molecule has 13 nitrogen and oxygen atoms in total. The molecule has 1 unspecified atom stereocenters. The molecule has 5 aromatic rings. The summed E-state index contributed by atoms with van der Waals surface area (Å²) in [7, 11) is 0. The van der Waals surface area contributed by atoms with Crippen LogP contribution in [-0.4, -0.2) is 66.7 Å². The molecule has 53 heavy (non-hydrogen) atoms. The van der Waals surface area contributed by atoms with Gasteiger partial charge in [-0.15, -0.1) is 5.10 Å². The van der Waals surface area contributed by atoms with Gasteiger partial charge in [0.2, 0.25) is 11.8 Å². The number of carbonyl (C=O) groups excluding carboxylic acids is 4. The van der Waals surface area contributed by atoms with Gasteiger partial charge in [-0.05, 0) is 60.0 Å². The second-order valence-corrected chi connectivity index (χ2v) is 13.9. The molecule has 4 heterocycles. The molecule has 2 N–H and O–H groups in total. The van der Waals surface area contributed by atoms with Crippen molar-refractivity contribution < 1.29 is 33.0 Å². The van der Waals surface area contributed by atoms with Gasteiger partial charge in [0.25, 0.3) is 11.8 Å². The molecule has 1 saturated carbocycles. The predicted octanol–water partition coefficient (Wildman–Crippen LogP) is 5.34. The van der Waals surface area contributed by atoms with Crippen molar-refractivity contribution in [2.75, 3.05) is 5.32 Å². The molecule has 268 valence electrons. The highest BCUT2D eigenvalue weighted by Crippen LogP contribution is 2.37. The third-order valence-electron chi connectivity index (χ3n) is 10.0. The lowest BCUT2D eigenvalue weighted by Gasteiger charge is -2.36. The largest absolute Gasteiger partial charge is 0.490 e. The van der Waals surface area contributed by atoms with Crippen molar-refractivity contribution in [2.45, 2.75) is 63.1 Å². The summed E-state index contributed by atoms with van der Waals surface area (Å²) in [5.74, 6) is -0.819. The number of ether oxygens (including phenoxy) is 2. The molecule has 1 atom stereocenters. The maximum absolute atomic E-state index is 14.0. The molecule has 4 amide bonds. The highest BCUT2D eigenvalue weighted by molar-refractivity contribution is 6.23. The van der Waals surface area contributed by atoms with Crippen molar-refractivity contribution in [1.29, 1.82) is 0 Å². The van der Waals surface area contributed by atoms with Crippen LogP contribution in [0.15, 0.2) is 91.4 Å². The van der Waals surface area contributed by atoms with E-state index >= 15 is 0 Å². The Morgan fingerprint density at radius 3 is 2.26 bits per heavy atom. The number of imide groups is 2. The van der Waals surface area contributed by atoms with Crippen molar-refractivity contribution in [2.24, 2.45) is 0 Å². The van der Waals surface area contributed by atoms with Crippen LogP contribution in [0.2, 0.25) is 0 Å². The summed E-state index contributed by atoms with van der Waals surface area (Å²) in [5.41, 5.74) is 3.00. The van der Waals surface area contributed by atoms with Crippen LogP contribution < -0.4 is 20.1 Å². The third-order valence-corrected chi connectivity index (χ3v) is 10.0. The lowest BCUT2D eigenvalue weighted by Crippen LogP contribution is -2.54. The first-order chi connectivity index (χ1) is 25.5. The summed E-state index contributed by atoms with van der Waals surface area (Å²) in [6.07, 6.45) is 5.90. The average molecular weight is 716 g/mol. The van der Waals surface area contributed by atoms with E-state index in [1.54, 1.807) is 24.4 Å². The van der Waals surface area contributed by atoms with Gasteiger partial charge in [-0.25, -0.2) is 9.37 Å². The molecule has 3 aromatic carbocycles. The number of pyridine rings is 1. The van der Waals surface area contributed by atoms with Gasteiger partial charge in [-0.1, -0.05) is 43.3 Å². The van der Waals surface area contributed by atoms with Gasteiger partial charge >= 0.3 is 0 Å². The average Bonchev–Trinajstić information content (AvgIpc) is 3.74. The Morgan fingerprint density at radius 2 is 1.58 bits per heavy atom. The van der Waals surface area contributed by atoms with E-state index in [0.717, 1.165) is 40.8 Å². The van der Waals surface area contributed by atoms with Crippen LogP contribution in [0.5, 0.6) is 17.2 Å². The second-order valence-electron chi connectivity index (χ2n) is 13.9. The Hall–Kier alpha value is -6.44. The molecule has 14 heteroatoms. The number of fused-ring (bicyclic) bond motifs is 1. The van der Waals surface area contributed by atoms with Crippen LogP contribution in [-0.2, 0) is 15.0 Å². The van der Waals surface area contributed by atoms with Gasteiger partial charge in [-0.3, -0.25) is 29.4 Å². The molecular formula is C39H34FN7O6. The van der Waals surface area contributed by atoms with E-state index in [9.17, 15) is 23.6 Å². The van der Waals surface area contributed by atoms with Gasteiger partial charge in [-0.2, -0.15) is 4.68 Å². The minimum absolute atomic E-state index is 0.0120. The molecule has 2 fully saturated rings. The van der Waals surface area contributed by atoms with E-state index in [-0.39, 0.29) is 47.3 Å². The molecule has 0 radical (unpaired) electrons. The number of carbonyl (C=O) groups is 4. The normalized spacial score (nSPS) is 19.8. The molecule has 0 bridgehead atoms. The van der Waals surface area contributed by atoms with Gasteiger partial charge in [0, 0.05) is 42.5 Å². The lowest BCUT2D eigenvalue weighted by molar-refractivity contribution is -0.136. The molecule has 8 rings (SSSR count). The van der Waals surface area contributed by atoms with E-state index in [2.05, 4.69) is 51.9 Å². The van der Waals surface area contributed by atoms with Gasteiger partial charge < -0.3 is 14.8 Å². The number of hydrogen-bond donors (Lipinski definition) is 2. The highest BCUT2D eigenvalue weighted by atomic mass is 19.1. The van der Waals surface area contributed by atoms with Gasteiger partial charge in [0.05, 0.1) is 29.7 Å². The van der Waals surface area contributed by atoms with E-state index < -0.39 is 35.5 Å². The Morgan fingerprint density at radius 1 is 0.887 bits per heavy atom. The van der Waals surface area contributed by atoms with Crippen LogP contribution in [0.1, 0.15) is 71.4 Å². The minimum atomic E-state index is -0.998. The van der Waals surface area contributed by atoms with Crippen molar-refractivity contribution in [3.8, 4) is 23.1 Å². The number of nitrogens with zero attached hydrogens (tertiary/aromatic N) is 5. The van der Waals surface area contributed by atoms with Crippen molar-refractivity contribution in [1.82, 2.24) is 30.2 Å². The predicted molar refractivity (Wildman–Crippen MR) is 188 cm³/mol. The van der Waals surface area contributed by atoms with Gasteiger partial charge in [0.15, 0.2) is 11.6 Å². The molecule has 2 aliphatic heterocycles. The fraction of sp³-hybridized carbons (Fsp3) is 0.256. The first kappa shape index (κ1) is 33.7. The zero-order valence-electron chi connectivity index (χ0n) is 28.8. The van der Waals surface area contributed by atoms with E-state index in [0.29, 0.717) is 17.3 Å². The van der Waals surface area contributed by atoms with Crippen molar-refractivity contribution in [3.63, 3.8) is 0 Å². The fourth-order valence-corrected chi connectivity index (χ4v) is 6.93. The Labute approximate surface area is 303 Å². The van der Waals surface area contributed by atoms with E-state index in [1.165, 1.54) is 16.9 Å². The summed E-state index contributed by atoms with van der Waals surface area (Å²) in [6.45, 7) is 4.27. The molecule has 3 aliphatic rings. The number of halogens is 1. The van der Waals surface area contributed by atoms with Crippen molar-refractivity contribution >= 4 is 29.3 Å². The summed E-state index contributed by atoms with van der Waals surface area (Å²) >= 11 is 0. The van der Waals surface area contributed by atoms with Crippen LogP contribution in [0, 0.1) is 5.82 Å². The SMILES string of the molecule is CC(C)(c1ccc(Oc2cc(F)cnc2-n2ccnn2)cc1)c1ccc(OC2CC(Nc3ccc4c(c3)C(=O)N(C3CCC(=O)NC3=O)C4=O)C2)cc1. The Balaban J connectivity index is 0.852. The molecular weight excluding hydrogens is 681 g/mol. The number of aromatic nitrogens is 4. The van der Waals surface area contributed by atoms with Crippen LogP contribution >= 0.6 is 0 Å². The first-order valence-corrected chi connectivity index (χ1v) is 17.2. The maximum atomic E-state index is 14.0. The van der Waals surface area contributed by atoms with Crippen molar-refractivity contribution in [3.05, 3.63) is 119 Å². The smallest absolute Gasteiger partial charge is 0.262 e. The number of hydrogen-bond acceptors (Lipinski definition) is 10. The molecule has 0 spiro atoms. The van der Waals surface area contributed by atoms with E-state index in [4.69, 9.17) is 9.47 Å². The van der Waals surface area contributed by atoms with E-state index in [1.807, 2.05) is 36.4 Å². The molecule has 1 saturated heterocycles. The topological polar surface area (TPSA) is 158 Å². The summed E-state index contributed by atoms with van der Waals surface area (Å²) in [6, 6.07) is 21.1. The van der Waals surface area contributed by atoms with Crippen LogP contribution in [0.25, 0.3) is 5.82 Å². The number of anilines is 1. The van der Waals surface area contributed by atoms with Crippen LogP contribution in [0.4, 0.5) is 10.1 Å². The minimum Gasteiger partial charge on any atom is -0.490 e. The molecule has 1 aliphatic carbocycles. The lowest BCUT2D eigenvalue weighted by atomic mass is 9.78. The number of amides is 4. The first-order valence-electron chi connectivity index (χ1n) is 17.2. The summed E-state index contributed by atoms with van der Waals surface area (Å²) < 4.78 is 27.7. The maximum Gasteiger partial charge on any atom is 0.262 e. The van der Waals surface area contributed by atoms with Gasteiger partial charge in [0.1, 0.15) is 29.5 Å². The number of rotatable bonds is 10. The zero-order valence-corrected chi connectivity index (χ0v) is 28.8. The fourth-order valence-electron chi connectivity index (χ4n) is 6.93. The standard InChI is InChI=1S/C39H34FN7O6/c1-39(2,23-5-10-28(11-6-23)53-33-17-24(40)21-41-35(33)46-16-15-42-45-46)22-3-8-27(9-4-22)52-29-18-26(19-29)43-25-7-12-30-31(20-25)38(51)47(37(30)50)32-13-14-34(48)44-36(32)49/h3-12,15-17,20-21,26,29,32,43H,13-14,18-19H2,1-2H3,(H,44,48,49). The monoisotopic (exact) mass is 715 g/mol. The zero-order chi connectivity index (χ0) is 36.9. The third kappa shape index (κ3) is 6.47. The number of nitrogens with one attached hydrogen (secondary N) is 2. The highest BCUT2D eigenvalue weighted by Gasteiger charge is 2.45. The second kappa shape index (κ2) is 13.3. The Kier molecular flexibility index (Phi) is 8.44. The number of piperidine rings is 1. The summed E-state index contributed by atoms with van der Waals surface area (Å²) in [5, 5.41) is 13.4. The van der Waals surface area contributed by atoms with Crippen LogP contribution in [0.3, 0.4) is 0 Å². The Bertz CT molecular complexity index is 2240. The molecule has 2 aromatic heterocycles. The summed E-state index contributed by atoms with van der Waals surface area (Å²) in [4.78, 5) is 55.2. The number of benzene rings is 3. The quantitative estimate of drug-likeness (QED) is 0.181.